The smallest absolute Gasteiger partial charge is 0.253 e. The number of fused-ring (bicyclic) bond motifs is 1. The molecule has 0 saturated heterocycles. The summed E-state index contributed by atoms with van der Waals surface area (Å²) in [5, 5.41) is 3.90. The number of aryl methyl sites for hydroxylation is 1. The van der Waals surface area contributed by atoms with Crippen molar-refractivity contribution in [2.24, 2.45) is 5.92 Å². The fourth-order valence-corrected chi connectivity index (χ4v) is 3.99. The summed E-state index contributed by atoms with van der Waals surface area (Å²) in [7, 11) is 0. The molecule has 1 amide bonds. The average Bonchev–Trinajstić information content (AvgIpc) is 2.99. The second-order valence-corrected chi connectivity index (χ2v) is 8.02. The van der Waals surface area contributed by atoms with Crippen LogP contribution in [0.4, 0.5) is 13.2 Å². The van der Waals surface area contributed by atoms with E-state index < -0.39 is 12.1 Å². The van der Waals surface area contributed by atoms with Crippen molar-refractivity contribution in [2.75, 3.05) is 6.54 Å². The molecule has 0 aliphatic heterocycles. The van der Waals surface area contributed by atoms with E-state index in [9.17, 15) is 18.0 Å². The first-order valence-electron chi connectivity index (χ1n) is 9.29. The van der Waals surface area contributed by atoms with Crippen molar-refractivity contribution in [3.8, 4) is 0 Å². The van der Waals surface area contributed by atoms with Crippen molar-refractivity contribution in [1.29, 1.82) is 0 Å². The zero-order valence-corrected chi connectivity index (χ0v) is 16.0. The molecule has 0 unspecified atom stereocenters. The minimum absolute atomic E-state index is 0.111. The van der Waals surface area contributed by atoms with E-state index in [2.05, 4.69) is 5.32 Å². The summed E-state index contributed by atoms with van der Waals surface area (Å²) in [5.74, 6) is -0.0297. The van der Waals surface area contributed by atoms with Gasteiger partial charge in [0, 0.05) is 31.1 Å². The SMILES string of the molecule is CC1(F)CCC(CNC(=O)c2cn(CCC(F)F)c3cccc(Cl)c23)CC1. The number of amides is 1. The van der Waals surface area contributed by atoms with E-state index in [1.54, 1.807) is 35.9 Å². The number of nitrogens with zero attached hydrogens (tertiary/aromatic N) is 1. The number of aromatic nitrogens is 1. The summed E-state index contributed by atoms with van der Waals surface area (Å²) >= 11 is 6.28. The fraction of sp³-hybridized carbons (Fsp3) is 0.550. The number of carbonyl (C=O) groups is 1. The summed E-state index contributed by atoms with van der Waals surface area (Å²) in [6, 6.07) is 5.19. The molecule has 0 spiro atoms. The molecule has 0 bridgehead atoms. The summed E-state index contributed by atoms with van der Waals surface area (Å²) in [4.78, 5) is 12.7. The lowest BCUT2D eigenvalue weighted by Crippen LogP contribution is -2.34. The summed E-state index contributed by atoms with van der Waals surface area (Å²) < 4.78 is 40.8. The lowest BCUT2D eigenvalue weighted by atomic mass is 9.81. The molecular weight excluding hydrogens is 377 g/mol. The molecule has 0 radical (unpaired) electrons. The Bertz CT molecular complexity index is 809. The predicted octanol–water partition coefficient (Wildman–Crippen LogP) is 5.60. The molecule has 27 heavy (non-hydrogen) atoms. The maximum atomic E-state index is 13.9. The van der Waals surface area contributed by atoms with Gasteiger partial charge in [-0.15, -0.1) is 0 Å². The van der Waals surface area contributed by atoms with Gasteiger partial charge in [0.25, 0.3) is 5.91 Å². The fourth-order valence-electron chi connectivity index (χ4n) is 3.72. The number of hydrogen-bond acceptors (Lipinski definition) is 1. The molecule has 1 N–H and O–H groups in total. The molecule has 3 nitrogen and oxygen atoms in total. The van der Waals surface area contributed by atoms with Gasteiger partial charge in [0.2, 0.25) is 6.43 Å². The highest BCUT2D eigenvalue weighted by Crippen LogP contribution is 2.34. The number of halogens is 4. The first-order valence-corrected chi connectivity index (χ1v) is 9.67. The van der Waals surface area contributed by atoms with Gasteiger partial charge in [0.15, 0.2) is 0 Å². The minimum Gasteiger partial charge on any atom is -0.352 e. The van der Waals surface area contributed by atoms with Crippen molar-refractivity contribution >= 4 is 28.4 Å². The summed E-state index contributed by atoms with van der Waals surface area (Å²) in [5.41, 5.74) is -0.0539. The monoisotopic (exact) mass is 400 g/mol. The van der Waals surface area contributed by atoms with E-state index in [0.717, 1.165) is 12.8 Å². The normalized spacial score (nSPS) is 23.1. The molecule has 1 fully saturated rings. The zero-order valence-electron chi connectivity index (χ0n) is 15.3. The Hall–Kier alpha value is -1.69. The maximum absolute atomic E-state index is 13.9. The minimum atomic E-state index is -2.41. The summed E-state index contributed by atoms with van der Waals surface area (Å²) in [6.45, 7) is 2.21. The predicted molar refractivity (Wildman–Crippen MR) is 101 cm³/mol. The Labute approximate surface area is 161 Å². The number of benzene rings is 1. The van der Waals surface area contributed by atoms with Gasteiger partial charge >= 0.3 is 0 Å². The van der Waals surface area contributed by atoms with E-state index in [1.165, 1.54) is 0 Å². The molecule has 0 atom stereocenters. The van der Waals surface area contributed by atoms with Crippen molar-refractivity contribution in [3.63, 3.8) is 0 Å². The maximum Gasteiger partial charge on any atom is 0.253 e. The van der Waals surface area contributed by atoms with Crippen LogP contribution in [0.2, 0.25) is 5.02 Å². The van der Waals surface area contributed by atoms with Gasteiger partial charge in [-0.05, 0) is 50.7 Å². The quantitative estimate of drug-likeness (QED) is 0.673. The highest BCUT2D eigenvalue weighted by molar-refractivity contribution is 6.36. The molecule has 3 rings (SSSR count). The molecule has 1 aromatic heterocycles. The van der Waals surface area contributed by atoms with Crippen LogP contribution in [0.25, 0.3) is 10.9 Å². The molecule has 7 heteroatoms. The third-order valence-electron chi connectivity index (χ3n) is 5.39. The van der Waals surface area contributed by atoms with Gasteiger partial charge in [-0.3, -0.25) is 4.79 Å². The van der Waals surface area contributed by atoms with Crippen LogP contribution in [0.1, 0.15) is 49.4 Å². The van der Waals surface area contributed by atoms with Crippen LogP contribution in [0.15, 0.2) is 24.4 Å². The molecule has 1 heterocycles. The van der Waals surface area contributed by atoms with Crippen LogP contribution in [-0.2, 0) is 6.54 Å². The number of alkyl halides is 3. The second kappa shape index (κ2) is 8.13. The molecule has 1 aliphatic rings. The van der Waals surface area contributed by atoms with E-state index in [-0.39, 0.29) is 24.8 Å². The Balaban J connectivity index is 1.74. The largest absolute Gasteiger partial charge is 0.352 e. The van der Waals surface area contributed by atoms with Gasteiger partial charge in [-0.1, -0.05) is 17.7 Å². The molecule has 1 aromatic carbocycles. The summed E-state index contributed by atoms with van der Waals surface area (Å²) in [6.07, 6.45) is 1.38. The van der Waals surface area contributed by atoms with Gasteiger partial charge in [0.1, 0.15) is 5.67 Å². The van der Waals surface area contributed by atoms with Crippen molar-refractivity contribution in [2.45, 2.75) is 57.7 Å². The molecule has 1 aliphatic carbocycles. The highest BCUT2D eigenvalue weighted by atomic mass is 35.5. The molecule has 1 saturated carbocycles. The van der Waals surface area contributed by atoms with Crippen LogP contribution >= 0.6 is 11.6 Å². The highest BCUT2D eigenvalue weighted by Gasteiger charge is 2.30. The average molecular weight is 401 g/mol. The van der Waals surface area contributed by atoms with Gasteiger partial charge in [-0.25, -0.2) is 13.2 Å². The van der Waals surface area contributed by atoms with Crippen LogP contribution in [0.5, 0.6) is 0 Å². The third kappa shape index (κ3) is 4.78. The first-order chi connectivity index (χ1) is 12.8. The van der Waals surface area contributed by atoms with Crippen molar-refractivity contribution in [3.05, 3.63) is 35.0 Å². The first kappa shape index (κ1) is 20.1. The Morgan fingerprint density at radius 3 is 2.74 bits per heavy atom. The topological polar surface area (TPSA) is 34.0 Å². The third-order valence-corrected chi connectivity index (χ3v) is 5.70. The van der Waals surface area contributed by atoms with Crippen molar-refractivity contribution < 1.29 is 18.0 Å². The van der Waals surface area contributed by atoms with E-state index in [0.29, 0.717) is 40.9 Å². The van der Waals surface area contributed by atoms with Crippen LogP contribution in [0, 0.1) is 5.92 Å². The van der Waals surface area contributed by atoms with Gasteiger partial charge in [0.05, 0.1) is 16.1 Å². The van der Waals surface area contributed by atoms with Crippen LogP contribution < -0.4 is 5.32 Å². The Morgan fingerprint density at radius 2 is 2.07 bits per heavy atom. The van der Waals surface area contributed by atoms with E-state index >= 15 is 0 Å². The number of hydrogen-bond donors (Lipinski definition) is 1. The lowest BCUT2D eigenvalue weighted by molar-refractivity contribution is 0.0894. The van der Waals surface area contributed by atoms with Crippen molar-refractivity contribution in [1.82, 2.24) is 9.88 Å². The standard InChI is InChI=1S/C20H24ClF3N2O/c1-20(24)8-5-13(6-9-20)11-25-19(27)14-12-26(10-7-17(22)23)16-4-2-3-15(21)18(14)16/h2-4,12-13,17H,5-11H2,1H3,(H,25,27). The molecule has 148 valence electrons. The molecule has 2 aromatic rings. The van der Waals surface area contributed by atoms with Crippen LogP contribution in [0.3, 0.4) is 0 Å². The molecular formula is C20H24ClF3N2O. The zero-order chi connectivity index (χ0) is 19.6. The number of rotatable bonds is 6. The van der Waals surface area contributed by atoms with Gasteiger partial charge in [-0.2, -0.15) is 0 Å². The Morgan fingerprint density at radius 1 is 1.37 bits per heavy atom. The lowest BCUT2D eigenvalue weighted by Gasteiger charge is -2.31. The Kier molecular flexibility index (Phi) is 6.04. The van der Waals surface area contributed by atoms with E-state index in [1.807, 2.05) is 0 Å². The number of carbonyl (C=O) groups excluding carboxylic acids is 1. The van der Waals surface area contributed by atoms with Gasteiger partial charge < -0.3 is 9.88 Å². The van der Waals surface area contributed by atoms with E-state index in [4.69, 9.17) is 11.6 Å². The number of nitrogens with one attached hydrogen (secondary N) is 1. The van der Waals surface area contributed by atoms with Crippen LogP contribution in [-0.4, -0.2) is 29.1 Å². The second-order valence-electron chi connectivity index (χ2n) is 7.62.